The van der Waals surface area contributed by atoms with Gasteiger partial charge in [0.2, 0.25) is 0 Å². The maximum Gasteiger partial charge on any atom is 0.315 e. The molecule has 3 N–H and O–H groups in total. The summed E-state index contributed by atoms with van der Waals surface area (Å²) in [7, 11) is 0. The molecule has 0 aromatic heterocycles. The van der Waals surface area contributed by atoms with Gasteiger partial charge in [-0.2, -0.15) is 0 Å². The van der Waals surface area contributed by atoms with E-state index in [9.17, 15) is 9.59 Å². The molecule has 18 heavy (non-hydrogen) atoms. The molecule has 0 radical (unpaired) electrons. The molecule has 102 valence electrons. The van der Waals surface area contributed by atoms with E-state index in [1.807, 2.05) is 0 Å². The van der Waals surface area contributed by atoms with Crippen molar-refractivity contribution in [3.63, 3.8) is 0 Å². The van der Waals surface area contributed by atoms with Crippen LogP contribution in [0.5, 0.6) is 0 Å². The zero-order valence-corrected chi connectivity index (χ0v) is 10.7. The number of hydrogen-bond acceptors (Lipinski definition) is 2. The Balaban J connectivity index is 1.83. The number of carbonyl (C=O) groups excluding carboxylic acids is 1. The lowest BCUT2D eigenvalue weighted by Crippen LogP contribution is -2.44. The van der Waals surface area contributed by atoms with Gasteiger partial charge in [0.05, 0.1) is 6.42 Å². The number of rotatable bonds is 5. The van der Waals surface area contributed by atoms with Crippen LogP contribution in [0.2, 0.25) is 0 Å². The highest BCUT2D eigenvalue weighted by atomic mass is 16.4. The first-order chi connectivity index (χ1) is 8.60. The van der Waals surface area contributed by atoms with E-state index in [1.165, 1.54) is 6.42 Å². The number of amides is 2. The second kappa shape index (κ2) is 5.59. The molecule has 5 nitrogen and oxygen atoms in total. The van der Waals surface area contributed by atoms with E-state index in [4.69, 9.17) is 5.11 Å². The van der Waals surface area contributed by atoms with E-state index < -0.39 is 5.97 Å². The van der Waals surface area contributed by atoms with Crippen molar-refractivity contribution in [2.45, 2.75) is 57.4 Å². The molecule has 0 aliphatic heterocycles. The van der Waals surface area contributed by atoms with Gasteiger partial charge in [0.1, 0.15) is 0 Å². The fraction of sp³-hybridized carbons (Fsp3) is 0.846. The van der Waals surface area contributed by atoms with Crippen LogP contribution in [0.15, 0.2) is 0 Å². The number of carboxylic acids is 1. The molecule has 2 aliphatic carbocycles. The van der Waals surface area contributed by atoms with Gasteiger partial charge in [0.25, 0.3) is 0 Å². The Labute approximate surface area is 107 Å². The van der Waals surface area contributed by atoms with Gasteiger partial charge in [0.15, 0.2) is 0 Å². The Morgan fingerprint density at radius 3 is 2.39 bits per heavy atom. The summed E-state index contributed by atoms with van der Waals surface area (Å²) in [6.07, 6.45) is 7.41. The van der Waals surface area contributed by atoms with Gasteiger partial charge in [-0.25, -0.2) is 4.79 Å². The number of nitrogens with one attached hydrogen (secondary N) is 2. The maximum absolute atomic E-state index is 11.6. The van der Waals surface area contributed by atoms with Crippen LogP contribution in [-0.4, -0.2) is 29.7 Å². The Hall–Kier alpha value is -1.26. The Morgan fingerprint density at radius 1 is 1.17 bits per heavy atom. The van der Waals surface area contributed by atoms with Gasteiger partial charge >= 0.3 is 12.0 Å². The first-order valence-electron chi connectivity index (χ1n) is 6.86. The normalized spacial score (nSPS) is 22.2. The van der Waals surface area contributed by atoms with E-state index in [-0.39, 0.29) is 17.9 Å². The standard InChI is InChI=1S/C13H22N2O3/c16-11(17)8-13(6-2-1-3-7-13)9-14-12(18)15-10-4-5-10/h10H,1-9H2,(H,16,17)(H2,14,15,18). The Kier molecular flexibility index (Phi) is 4.09. The largest absolute Gasteiger partial charge is 0.481 e. The van der Waals surface area contributed by atoms with Crippen molar-refractivity contribution in [3.8, 4) is 0 Å². The van der Waals surface area contributed by atoms with E-state index in [0.29, 0.717) is 12.6 Å². The van der Waals surface area contributed by atoms with Crippen molar-refractivity contribution >= 4 is 12.0 Å². The van der Waals surface area contributed by atoms with Crippen molar-refractivity contribution in [3.05, 3.63) is 0 Å². The minimum absolute atomic E-state index is 0.146. The molecule has 2 rings (SSSR count). The summed E-state index contributed by atoms with van der Waals surface area (Å²) in [5, 5.41) is 14.7. The molecule has 2 amide bonds. The number of hydrogen-bond donors (Lipinski definition) is 3. The summed E-state index contributed by atoms with van der Waals surface area (Å²) in [6.45, 7) is 0.484. The third-order valence-electron chi connectivity index (χ3n) is 3.98. The zero-order valence-electron chi connectivity index (χ0n) is 10.7. The molecule has 0 unspecified atom stereocenters. The van der Waals surface area contributed by atoms with Gasteiger partial charge in [-0.05, 0) is 31.1 Å². The number of carbonyl (C=O) groups is 2. The summed E-state index contributed by atoms with van der Waals surface area (Å²) in [6, 6.07) is 0.194. The average Bonchev–Trinajstić information content (AvgIpc) is 3.11. The first kappa shape index (κ1) is 13.2. The van der Waals surface area contributed by atoms with Crippen LogP contribution in [0, 0.1) is 5.41 Å². The molecule has 0 atom stereocenters. The van der Waals surface area contributed by atoms with Crippen molar-refractivity contribution in [1.29, 1.82) is 0 Å². The highest BCUT2D eigenvalue weighted by Gasteiger charge is 2.35. The molecule has 0 saturated heterocycles. The lowest BCUT2D eigenvalue weighted by atomic mass is 9.72. The van der Waals surface area contributed by atoms with E-state index in [2.05, 4.69) is 10.6 Å². The molecule has 0 bridgehead atoms. The highest BCUT2D eigenvalue weighted by molar-refractivity contribution is 5.74. The van der Waals surface area contributed by atoms with E-state index in [1.54, 1.807) is 0 Å². The SMILES string of the molecule is O=C(O)CC1(CNC(=O)NC2CC2)CCCCC1. The average molecular weight is 254 g/mol. The Bertz CT molecular complexity index is 320. The number of urea groups is 1. The van der Waals surface area contributed by atoms with Gasteiger partial charge in [-0.1, -0.05) is 19.3 Å². The van der Waals surface area contributed by atoms with Crippen molar-refractivity contribution in [2.75, 3.05) is 6.54 Å². The topological polar surface area (TPSA) is 78.4 Å². The third kappa shape index (κ3) is 3.89. The number of aliphatic carboxylic acids is 1. The predicted octanol–water partition coefficient (Wildman–Crippen LogP) is 1.87. The van der Waals surface area contributed by atoms with Crippen molar-refractivity contribution < 1.29 is 14.7 Å². The van der Waals surface area contributed by atoms with Crippen LogP contribution in [0.3, 0.4) is 0 Å². The fourth-order valence-corrected chi connectivity index (χ4v) is 2.77. The Morgan fingerprint density at radius 2 is 1.83 bits per heavy atom. The van der Waals surface area contributed by atoms with Crippen LogP contribution in [0.25, 0.3) is 0 Å². The molecule has 0 heterocycles. The van der Waals surface area contributed by atoms with E-state index in [0.717, 1.165) is 38.5 Å². The molecular weight excluding hydrogens is 232 g/mol. The number of carboxylic acid groups (broad SMARTS) is 1. The summed E-state index contributed by atoms with van der Waals surface area (Å²) in [4.78, 5) is 22.6. The zero-order chi connectivity index (χ0) is 13.0. The molecular formula is C13H22N2O3. The van der Waals surface area contributed by atoms with Gasteiger partial charge in [-0.15, -0.1) is 0 Å². The van der Waals surface area contributed by atoms with Gasteiger partial charge < -0.3 is 15.7 Å². The summed E-state index contributed by atoms with van der Waals surface area (Å²) < 4.78 is 0. The van der Waals surface area contributed by atoms with E-state index >= 15 is 0 Å². The lowest BCUT2D eigenvalue weighted by Gasteiger charge is -2.36. The highest BCUT2D eigenvalue weighted by Crippen LogP contribution is 2.38. The van der Waals surface area contributed by atoms with Crippen LogP contribution in [0.4, 0.5) is 4.79 Å². The third-order valence-corrected chi connectivity index (χ3v) is 3.98. The predicted molar refractivity (Wildman–Crippen MR) is 67.3 cm³/mol. The molecule has 2 fully saturated rings. The van der Waals surface area contributed by atoms with Crippen molar-refractivity contribution in [1.82, 2.24) is 10.6 Å². The van der Waals surface area contributed by atoms with Gasteiger partial charge in [0, 0.05) is 12.6 Å². The molecule has 0 spiro atoms. The maximum atomic E-state index is 11.6. The fourth-order valence-electron chi connectivity index (χ4n) is 2.77. The molecule has 0 aromatic carbocycles. The second-order valence-electron chi connectivity index (χ2n) is 5.73. The molecule has 2 aliphatic rings. The molecule has 0 aromatic rings. The van der Waals surface area contributed by atoms with Crippen LogP contribution in [0.1, 0.15) is 51.4 Å². The lowest BCUT2D eigenvalue weighted by molar-refractivity contribution is -0.140. The second-order valence-corrected chi connectivity index (χ2v) is 5.73. The van der Waals surface area contributed by atoms with Crippen LogP contribution in [-0.2, 0) is 4.79 Å². The monoisotopic (exact) mass is 254 g/mol. The summed E-state index contributed by atoms with van der Waals surface area (Å²) >= 11 is 0. The van der Waals surface area contributed by atoms with Crippen LogP contribution >= 0.6 is 0 Å². The molecule has 5 heteroatoms. The summed E-state index contributed by atoms with van der Waals surface area (Å²) in [5.74, 6) is -0.763. The molecule has 2 saturated carbocycles. The minimum atomic E-state index is -0.763. The quantitative estimate of drug-likeness (QED) is 0.701. The van der Waals surface area contributed by atoms with Gasteiger partial charge in [-0.3, -0.25) is 4.79 Å². The van der Waals surface area contributed by atoms with Crippen LogP contribution < -0.4 is 10.6 Å². The summed E-state index contributed by atoms with van der Waals surface area (Å²) in [5.41, 5.74) is -0.231. The first-order valence-corrected chi connectivity index (χ1v) is 6.86. The van der Waals surface area contributed by atoms with Crippen molar-refractivity contribution in [2.24, 2.45) is 5.41 Å². The smallest absolute Gasteiger partial charge is 0.315 e. The minimum Gasteiger partial charge on any atom is -0.481 e.